The van der Waals surface area contributed by atoms with Crippen LogP contribution in [0.2, 0.25) is 0 Å². The number of thiazole rings is 1. The van der Waals surface area contributed by atoms with Crippen molar-refractivity contribution < 1.29 is 9.90 Å². The van der Waals surface area contributed by atoms with Crippen LogP contribution < -0.4 is 5.32 Å². The first-order valence-electron chi connectivity index (χ1n) is 9.92. The van der Waals surface area contributed by atoms with E-state index in [1.807, 2.05) is 18.6 Å². The van der Waals surface area contributed by atoms with Gasteiger partial charge in [0.1, 0.15) is 16.4 Å². The number of aliphatic hydroxyl groups is 1. The highest BCUT2D eigenvalue weighted by Crippen LogP contribution is 2.34. The van der Waals surface area contributed by atoms with Gasteiger partial charge in [-0.15, -0.1) is 11.3 Å². The van der Waals surface area contributed by atoms with E-state index < -0.39 is 5.60 Å². The zero-order valence-corrected chi connectivity index (χ0v) is 18.2. The molecule has 0 aliphatic carbocycles. The molecule has 5 heterocycles. The van der Waals surface area contributed by atoms with Crippen LogP contribution in [-0.4, -0.2) is 59.2 Å². The first kappa shape index (κ1) is 20.2. The van der Waals surface area contributed by atoms with Crippen molar-refractivity contribution in [3.05, 3.63) is 53.9 Å². The summed E-state index contributed by atoms with van der Waals surface area (Å²) in [5.74, 6) is 0.140. The molecule has 1 aliphatic rings. The molecule has 162 valence electrons. The summed E-state index contributed by atoms with van der Waals surface area (Å²) in [6.45, 7) is 0.511. The fraction of sp³-hybridized carbons (Fsp3) is 0.238. The summed E-state index contributed by atoms with van der Waals surface area (Å²) in [6.07, 6.45) is 7.13. The Morgan fingerprint density at radius 2 is 1.97 bits per heavy atom. The molecule has 1 saturated heterocycles. The molecule has 0 spiro atoms. The van der Waals surface area contributed by atoms with Crippen LogP contribution in [0.15, 0.2) is 48.4 Å². The van der Waals surface area contributed by atoms with E-state index in [0.717, 1.165) is 5.69 Å². The summed E-state index contributed by atoms with van der Waals surface area (Å²) in [5.41, 5.74) is 1.69. The van der Waals surface area contributed by atoms with Crippen molar-refractivity contribution in [1.82, 2.24) is 34.6 Å². The number of pyridine rings is 1. The smallest absolute Gasteiger partial charge is 0.258 e. The molecule has 1 amide bonds. The third-order valence-electron chi connectivity index (χ3n) is 5.35. The molecule has 4 aromatic rings. The molecule has 0 aromatic carbocycles. The van der Waals surface area contributed by atoms with Crippen LogP contribution in [0.25, 0.3) is 22.1 Å². The third-order valence-corrected chi connectivity index (χ3v) is 6.21. The van der Waals surface area contributed by atoms with Gasteiger partial charge in [0.25, 0.3) is 5.91 Å². The van der Waals surface area contributed by atoms with E-state index in [1.165, 1.54) is 16.2 Å². The fourth-order valence-electron chi connectivity index (χ4n) is 3.61. The Bertz CT molecular complexity index is 1300. The largest absolute Gasteiger partial charge is 0.375 e. The minimum atomic E-state index is -1.52. The average molecular weight is 449 g/mol. The standard InChI is InChI=1S/C21H20N8O2S/c1-28-8-5-21(31,19(28)30)13-3-6-22-16(9-13)17-12-32-18(26-17)15-4-7-23-20(27-15)25-14-10-24-29(2)11-14/h3-4,6-7,9-12,31H,5,8H2,1-2H3,(H,23,25,27)/t21-/m1/s1. The Hall–Kier alpha value is -3.70. The minimum absolute atomic E-state index is 0.303. The zero-order chi connectivity index (χ0) is 22.3. The molecule has 2 N–H and O–H groups in total. The quantitative estimate of drug-likeness (QED) is 0.476. The second-order valence-corrected chi connectivity index (χ2v) is 8.46. The van der Waals surface area contributed by atoms with E-state index >= 15 is 0 Å². The van der Waals surface area contributed by atoms with Crippen LogP contribution in [0.1, 0.15) is 12.0 Å². The number of nitrogens with zero attached hydrogens (tertiary/aromatic N) is 7. The van der Waals surface area contributed by atoms with Crippen molar-refractivity contribution >= 4 is 28.9 Å². The normalized spacial score (nSPS) is 18.3. The third kappa shape index (κ3) is 3.61. The predicted octanol–water partition coefficient (Wildman–Crippen LogP) is 2.19. The minimum Gasteiger partial charge on any atom is -0.375 e. The molecule has 1 fully saturated rings. The lowest BCUT2D eigenvalue weighted by molar-refractivity contribution is -0.143. The number of aromatic nitrogens is 6. The van der Waals surface area contributed by atoms with Gasteiger partial charge in [0.15, 0.2) is 5.60 Å². The van der Waals surface area contributed by atoms with Gasteiger partial charge in [-0.3, -0.25) is 14.5 Å². The predicted molar refractivity (Wildman–Crippen MR) is 119 cm³/mol. The van der Waals surface area contributed by atoms with E-state index in [2.05, 4.69) is 30.4 Å². The number of rotatable bonds is 5. The van der Waals surface area contributed by atoms with Gasteiger partial charge < -0.3 is 15.3 Å². The fourth-order valence-corrected chi connectivity index (χ4v) is 4.39. The van der Waals surface area contributed by atoms with Crippen LogP contribution in [0.4, 0.5) is 11.6 Å². The maximum Gasteiger partial charge on any atom is 0.258 e. The highest BCUT2D eigenvalue weighted by molar-refractivity contribution is 7.13. The van der Waals surface area contributed by atoms with E-state index in [1.54, 1.807) is 48.5 Å². The van der Waals surface area contributed by atoms with Crippen molar-refractivity contribution in [2.24, 2.45) is 7.05 Å². The van der Waals surface area contributed by atoms with Gasteiger partial charge in [0.05, 0.1) is 17.6 Å². The summed E-state index contributed by atoms with van der Waals surface area (Å²) in [7, 11) is 3.52. The van der Waals surface area contributed by atoms with Gasteiger partial charge in [-0.1, -0.05) is 0 Å². The second-order valence-electron chi connectivity index (χ2n) is 7.60. The van der Waals surface area contributed by atoms with Gasteiger partial charge in [-0.2, -0.15) is 5.10 Å². The average Bonchev–Trinajstić information content (AvgIpc) is 3.52. The van der Waals surface area contributed by atoms with Gasteiger partial charge in [0, 0.05) is 51.0 Å². The lowest BCUT2D eigenvalue weighted by Crippen LogP contribution is -2.36. The summed E-state index contributed by atoms with van der Waals surface area (Å²) in [4.78, 5) is 31.8. The number of hydrogen-bond donors (Lipinski definition) is 2. The SMILES string of the molecule is CN1CC[C@@](O)(c2ccnc(-c3csc(-c4ccnc(Nc5cnn(C)c5)n4)n3)c2)C1=O. The number of hydrogen-bond acceptors (Lipinski definition) is 9. The number of anilines is 2. The van der Waals surface area contributed by atoms with Crippen LogP contribution in [-0.2, 0) is 17.4 Å². The molecule has 1 atom stereocenters. The molecule has 0 bridgehead atoms. The monoisotopic (exact) mass is 448 g/mol. The van der Waals surface area contributed by atoms with Gasteiger partial charge >= 0.3 is 0 Å². The molecule has 0 saturated carbocycles. The number of likely N-dealkylation sites (tertiary alicyclic amines) is 1. The van der Waals surface area contributed by atoms with E-state index in [9.17, 15) is 9.90 Å². The molecule has 5 rings (SSSR count). The lowest BCUT2D eigenvalue weighted by Gasteiger charge is -2.21. The molecule has 0 unspecified atom stereocenters. The molecule has 4 aromatic heterocycles. The Morgan fingerprint density at radius 3 is 2.72 bits per heavy atom. The van der Waals surface area contributed by atoms with Gasteiger partial charge in [-0.05, 0) is 23.8 Å². The molecule has 1 aliphatic heterocycles. The molecule has 0 radical (unpaired) electrons. The Kier molecular flexibility index (Phi) is 4.91. The first-order chi connectivity index (χ1) is 15.4. The zero-order valence-electron chi connectivity index (χ0n) is 17.4. The number of aryl methyl sites for hydroxylation is 1. The maximum atomic E-state index is 12.4. The molecule has 32 heavy (non-hydrogen) atoms. The Balaban J connectivity index is 1.41. The highest BCUT2D eigenvalue weighted by atomic mass is 32.1. The lowest BCUT2D eigenvalue weighted by atomic mass is 9.92. The Morgan fingerprint density at radius 1 is 1.12 bits per heavy atom. The van der Waals surface area contributed by atoms with Gasteiger partial charge in [0.2, 0.25) is 5.95 Å². The molecule has 11 heteroatoms. The Labute approximate surface area is 187 Å². The van der Waals surface area contributed by atoms with Crippen molar-refractivity contribution in [1.29, 1.82) is 0 Å². The maximum absolute atomic E-state index is 12.4. The molecular formula is C21H20N8O2S. The first-order valence-corrected chi connectivity index (χ1v) is 10.8. The summed E-state index contributed by atoms with van der Waals surface area (Å²) >= 11 is 1.43. The highest BCUT2D eigenvalue weighted by Gasteiger charge is 2.45. The number of likely N-dealkylation sites (N-methyl/N-ethyl adjacent to an activating group) is 1. The van der Waals surface area contributed by atoms with Crippen molar-refractivity contribution in [2.45, 2.75) is 12.0 Å². The van der Waals surface area contributed by atoms with Crippen molar-refractivity contribution in [3.63, 3.8) is 0 Å². The van der Waals surface area contributed by atoms with Gasteiger partial charge in [-0.25, -0.2) is 15.0 Å². The number of nitrogens with one attached hydrogen (secondary N) is 1. The number of amides is 1. The van der Waals surface area contributed by atoms with E-state index in [-0.39, 0.29) is 5.91 Å². The summed E-state index contributed by atoms with van der Waals surface area (Å²) in [6, 6.07) is 5.19. The van der Waals surface area contributed by atoms with Crippen LogP contribution in [0.5, 0.6) is 0 Å². The molecule has 10 nitrogen and oxygen atoms in total. The second kappa shape index (κ2) is 7.77. The van der Waals surface area contributed by atoms with Crippen LogP contribution in [0, 0.1) is 0 Å². The molecular weight excluding hydrogens is 428 g/mol. The van der Waals surface area contributed by atoms with Crippen molar-refractivity contribution in [2.75, 3.05) is 18.9 Å². The van der Waals surface area contributed by atoms with E-state index in [4.69, 9.17) is 0 Å². The topological polar surface area (TPSA) is 122 Å². The van der Waals surface area contributed by atoms with Crippen LogP contribution >= 0.6 is 11.3 Å². The van der Waals surface area contributed by atoms with Crippen LogP contribution in [0.3, 0.4) is 0 Å². The van der Waals surface area contributed by atoms with Crippen molar-refractivity contribution in [3.8, 4) is 22.1 Å². The number of carbonyl (C=O) groups is 1. The summed E-state index contributed by atoms with van der Waals surface area (Å²) < 4.78 is 1.69. The van der Waals surface area contributed by atoms with E-state index in [0.29, 0.717) is 46.6 Å². The summed E-state index contributed by atoms with van der Waals surface area (Å²) in [5, 5.41) is 20.8. The number of carbonyl (C=O) groups excluding carboxylic acids is 1.